The van der Waals surface area contributed by atoms with Gasteiger partial charge in [0.2, 0.25) is 5.91 Å². The number of carbonyl (C=O) groups excluding carboxylic acids is 3. The van der Waals surface area contributed by atoms with Crippen LogP contribution in [0.3, 0.4) is 0 Å². The maximum absolute atomic E-state index is 13.3. The SMILES string of the molecule is COc1ccccc1NC(=O)C(C)OC(=O)C12CC3CC(CC(NC(C)=O)(C3)C1)C2. The first-order chi connectivity index (χ1) is 14.2. The second-order valence-electron chi connectivity index (χ2n) is 9.44. The van der Waals surface area contributed by atoms with Crippen LogP contribution in [0.15, 0.2) is 24.3 Å². The molecule has 162 valence electrons. The molecular formula is C23H30N2O5. The van der Waals surface area contributed by atoms with E-state index in [4.69, 9.17) is 9.47 Å². The van der Waals surface area contributed by atoms with E-state index in [0.29, 0.717) is 29.7 Å². The normalized spacial score (nSPS) is 32.2. The molecule has 2 amide bonds. The fourth-order valence-electron chi connectivity index (χ4n) is 6.34. The standard InChI is InChI=1S/C23H30N2O5/c1-14(20(27)24-18-6-4-5-7-19(18)29-3)30-21(28)22-9-16-8-17(10-22)12-23(11-16,13-22)25-15(2)26/h4-7,14,16-17H,8-13H2,1-3H3,(H,24,27)(H,25,26). The van der Waals surface area contributed by atoms with E-state index < -0.39 is 17.4 Å². The van der Waals surface area contributed by atoms with Gasteiger partial charge in [-0.3, -0.25) is 14.4 Å². The van der Waals surface area contributed by atoms with Gasteiger partial charge >= 0.3 is 5.97 Å². The van der Waals surface area contributed by atoms with Crippen LogP contribution in [0.2, 0.25) is 0 Å². The number of rotatable bonds is 6. The second-order valence-corrected chi connectivity index (χ2v) is 9.44. The summed E-state index contributed by atoms with van der Waals surface area (Å²) >= 11 is 0. The molecule has 3 atom stereocenters. The van der Waals surface area contributed by atoms with Gasteiger partial charge in [-0.1, -0.05) is 12.1 Å². The predicted molar refractivity (Wildman–Crippen MR) is 111 cm³/mol. The molecular weight excluding hydrogens is 384 g/mol. The van der Waals surface area contributed by atoms with Crippen LogP contribution in [0.25, 0.3) is 0 Å². The minimum absolute atomic E-state index is 0.0509. The van der Waals surface area contributed by atoms with Crippen molar-refractivity contribution in [3.8, 4) is 5.75 Å². The molecule has 4 fully saturated rings. The van der Waals surface area contributed by atoms with Gasteiger partial charge in [0.1, 0.15) is 5.75 Å². The van der Waals surface area contributed by atoms with Crippen molar-refractivity contribution in [3.05, 3.63) is 24.3 Å². The van der Waals surface area contributed by atoms with Gasteiger partial charge < -0.3 is 20.1 Å². The molecule has 7 heteroatoms. The average molecular weight is 415 g/mol. The molecule has 0 aromatic heterocycles. The van der Waals surface area contributed by atoms with E-state index in [0.717, 1.165) is 32.1 Å². The molecule has 7 nitrogen and oxygen atoms in total. The van der Waals surface area contributed by atoms with Crippen LogP contribution in [0.5, 0.6) is 5.75 Å². The number of ether oxygens (including phenoxy) is 2. The molecule has 1 aromatic rings. The lowest BCUT2D eigenvalue weighted by atomic mass is 9.47. The molecule has 30 heavy (non-hydrogen) atoms. The number of carbonyl (C=O) groups is 3. The van der Waals surface area contributed by atoms with Crippen molar-refractivity contribution in [3.63, 3.8) is 0 Å². The number of anilines is 1. The van der Waals surface area contributed by atoms with Crippen molar-refractivity contribution in [1.29, 1.82) is 0 Å². The Bertz CT molecular complexity index is 853. The zero-order chi connectivity index (χ0) is 21.5. The topological polar surface area (TPSA) is 93.7 Å². The van der Waals surface area contributed by atoms with Crippen LogP contribution in [0.1, 0.15) is 52.4 Å². The van der Waals surface area contributed by atoms with E-state index in [9.17, 15) is 14.4 Å². The van der Waals surface area contributed by atoms with Gasteiger partial charge in [-0.05, 0) is 69.4 Å². The van der Waals surface area contributed by atoms with Crippen LogP contribution in [0, 0.1) is 17.3 Å². The fraction of sp³-hybridized carbons (Fsp3) is 0.609. The van der Waals surface area contributed by atoms with E-state index in [1.807, 2.05) is 6.07 Å². The molecule has 0 spiro atoms. The van der Waals surface area contributed by atoms with Crippen molar-refractivity contribution in [2.24, 2.45) is 17.3 Å². The molecule has 5 rings (SSSR count). The Morgan fingerprint density at radius 1 is 1.10 bits per heavy atom. The molecule has 0 heterocycles. The van der Waals surface area contributed by atoms with Crippen molar-refractivity contribution in [2.75, 3.05) is 12.4 Å². The summed E-state index contributed by atoms with van der Waals surface area (Å²) in [6.45, 7) is 3.13. The van der Waals surface area contributed by atoms with E-state index in [-0.39, 0.29) is 17.4 Å². The highest BCUT2D eigenvalue weighted by Crippen LogP contribution is 2.62. The first kappa shape index (κ1) is 20.7. The molecule has 2 N–H and O–H groups in total. The Morgan fingerprint density at radius 2 is 1.77 bits per heavy atom. The quantitative estimate of drug-likeness (QED) is 0.698. The van der Waals surface area contributed by atoms with Gasteiger partial charge in [0, 0.05) is 12.5 Å². The predicted octanol–water partition coefficient (Wildman–Crippen LogP) is 3.04. The summed E-state index contributed by atoms with van der Waals surface area (Å²) in [7, 11) is 1.53. The van der Waals surface area contributed by atoms with Crippen molar-refractivity contribution in [2.45, 2.75) is 64.0 Å². The van der Waals surface area contributed by atoms with Crippen LogP contribution in [-0.4, -0.2) is 36.5 Å². The van der Waals surface area contributed by atoms with Gasteiger partial charge in [0.25, 0.3) is 5.91 Å². The molecule has 4 bridgehead atoms. The summed E-state index contributed by atoms with van der Waals surface area (Å²) in [6.07, 6.45) is 4.22. The summed E-state index contributed by atoms with van der Waals surface area (Å²) in [5, 5.41) is 5.92. The van der Waals surface area contributed by atoms with Crippen LogP contribution in [-0.2, 0) is 19.1 Å². The number of esters is 1. The van der Waals surface area contributed by atoms with Gasteiger partial charge in [-0.2, -0.15) is 0 Å². The summed E-state index contributed by atoms with van der Waals surface area (Å²) in [5.41, 5.74) is -0.379. The highest BCUT2D eigenvalue weighted by Gasteiger charge is 2.61. The number of hydrogen-bond donors (Lipinski definition) is 2. The highest BCUT2D eigenvalue weighted by molar-refractivity contribution is 5.96. The minimum Gasteiger partial charge on any atom is -0.495 e. The van der Waals surface area contributed by atoms with Gasteiger partial charge in [-0.15, -0.1) is 0 Å². The number of methoxy groups -OCH3 is 1. The minimum atomic E-state index is -0.924. The number of nitrogens with one attached hydrogen (secondary N) is 2. The van der Waals surface area contributed by atoms with Crippen LogP contribution < -0.4 is 15.4 Å². The third-order valence-corrected chi connectivity index (χ3v) is 6.95. The highest BCUT2D eigenvalue weighted by atomic mass is 16.5. The smallest absolute Gasteiger partial charge is 0.312 e. The van der Waals surface area contributed by atoms with Gasteiger partial charge in [0.15, 0.2) is 6.10 Å². The lowest BCUT2D eigenvalue weighted by molar-refractivity contribution is -0.181. The number of para-hydroxylation sites is 2. The van der Waals surface area contributed by atoms with E-state index >= 15 is 0 Å². The number of amides is 2. The summed E-state index contributed by atoms with van der Waals surface area (Å²) in [6, 6.07) is 7.10. The molecule has 4 aliphatic carbocycles. The first-order valence-corrected chi connectivity index (χ1v) is 10.7. The molecule has 0 aliphatic heterocycles. The Hall–Kier alpha value is -2.57. The Balaban J connectivity index is 1.45. The summed E-state index contributed by atoms with van der Waals surface area (Å²) < 4.78 is 10.9. The fourth-order valence-corrected chi connectivity index (χ4v) is 6.34. The van der Waals surface area contributed by atoms with Gasteiger partial charge in [0.05, 0.1) is 18.2 Å². The van der Waals surface area contributed by atoms with Crippen molar-refractivity contribution in [1.82, 2.24) is 5.32 Å². The van der Waals surface area contributed by atoms with Crippen LogP contribution in [0.4, 0.5) is 5.69 Å². The second kappa shape index (κ2) is 7.60. The number of benzene rings is 1. The zero-order valence-corrected chi connectivity index (χ0v) is 17.8. The van der Waals surface area contributed by atoms with E-state index in [2.05, 4.69) is 10.6 Å². The Kier molecular flexibility index (Phi) is 5.24. The molecule has 4 saturated carbocycles. The largest absolute Gasteiger partial charge is 0.495 e. The summed E-state index contributed by atoms with van der Waals surface area (Å²) in [5.74, 6) is 0.627. The van der Waals surface area contributed by atoms with E-state index in [1.165, 1.54) is 14.0 Å². The molecule has 4 aliphatic rings. The molecule has 0 saturated heterocycles. The third kappa shape index (κ3) is 3.77. The van der Waals surface area contributed by atoms with Gasteiger partial charge in [-0.25, -0.2) is 0 Å². The van der Waals surface area contributed by atoms with E-state index in [1.54, 1.807) is 25.1 Å². The zero-order valence-electron chi connectivity index (χ0n) is 17.8. The molecule has 1 aromatic carbocycles. The maximum Gasteiger partial charge on any atom is 0.312 e. The molecule has 0 radical (unpaired) electrons. The maximum atomic E-state index is 13.3. The first-order valence-electron chi connectivity index (χ1n) is 10.7. The molecule has 3 unspecified atom stereocenters. The Labute approximate surface area is 176 Å². The lowest BCUT2D eigenvalue weighted by Crippen LogP contribution is -2.65. The van der Waals surface area contributed by atoms with Crippen molar-refractivity contribution >= 4 is 23.5 Å². The Morgan fingerprint density at radius 3 is 2.40 bits per heavy atom. The van der Waals surface area contributed by atoms with Crippen LogP contribution >= 0.6 is 0 Å². The van der Waals surface area contributed by atoms with Crippen molar-refractivity contribution < 1.29 is 23.9 Å². The number of hydrogen-bond acceptors (Lipinski definition) is 5. The third-order valence-electron chi connectivity index (χ3n) is 6.95. The monoisotopic (exact) mass is 414 g/mol. The lowest BCUT2D eigenvalue weighted by Gasteiger charge is -2.60. The summed E-state index contributed by atoms with van der Waals surface area (Å²) in [4.78, 5) is 37.7. The average Bonchev–Trinajstić information content (AvgIpc) is 2.66.